The molecule has 3 rings (SSSR count). The van der Waals surface area contributed by atoms with E-state index in [9.17, 15) is 13.5 Å². The molecule has 1 aromatic carbocycles. The molecule has 2 bridgehead atoms. The quantitative estimate of drug-likeness (QED) is 0.793. The zero-order chi connectivity index (χ0) is 14.5. The second-order valence-corrected chi connectivity index (χ2v) is 9.00. The molecule has 2 atom stereocenters. The van der Waals surface area contributed by atoms with Crippen LogP contribution in [0.4, 0.5) is 0 Å². The molecule has 0 spiro atoms. The summed E-state index contributed by atoms with van der Waals surface area (Å²) in [4.78, 5) is 0.292. The van der Waals surface area contributed by atoms with E-state index in [2.05, 4.69) is 31.9 Å². The molecule has 110 valence electrons. The highest BCUT2D eigenvalue weighted by Gasteiger charge is 2.47. The third-order valence-electron chi connectivity index (χ3n) is 4.09. The molecule has 20 heavy (non-hydrogen) atoms. The maximum atomic E-state index is 12.9. The van der Waals surface area contributed by atoms with Crippen LogP contribution >= 0.6 is 31.9 Å². The molecule has 2 unspecified atom stereocenters. The molecule has 7 heteroatoms. The first kappa shape index (κ1) is 15.0. The van der Waals surface area contributed by atoms with Crippen LogP contribution in [-0.4, -0.2) is 36.0 Å². The number of rotatable bonds is 2. The predicted octanol–water partition coefficient (Wildman–Crippen LogP) is 2.89. The van der Waals surface area contributed by atoms with Gasteiger partial charge in [0.2, 0.25) is 10.0 Å². The molecule has 0 amide bonds. The molecule has 1 N–H and O–H groups in total. The average molecular weight is 425 g/mol. The third kappa shape index (κ3) is 2.47. The Morgan fingerprint density at radius 3 is 2.35 bits per heavy atom. The lowest BCUT2D eigenvalue weighted by Gasteiger charge is -2.36. The Labute approximate surface area is 135 Å². The van der Waals surface area contributed by atoms with Crippen LogP contribution in [-0.2, 0) is 10.0 Å². The van der Waals surface area contributed by atoms with Crippen molar-refractivity contribution in [1.29, 1.82) is 0 Å². The van der Waals surface area contributed by atoms with E-state index in [0.29, 0.717) is 22.2 Å². The number of sulfonamides is 1. The molecular weight excluding hydrogens is 410 g/mol. The van der Waals surface area contributed by atoms with Crippen molar-refractivity contribution in [1.82, 2.24) is 4.31 Å². The second-order valence-electron chi connectivity index (χ2n) is 5.42. The molecule has 1 aromatic rings. The first-order valence-electron chi connectivity index (χ1n) is 6.56. The van der Waals surface area contributed by atoms with Gasteiger partial charge in [-0.3, -0.25) is 0 Å². The van der Waals surface area contributed by atoms with Crippen LogP contribution in [0.1, 0.15) is 25.7 Å². The predicted molar refractivity (Wildman–Crippen MR) is 82.9 cm³/mol. The van der Waals surface area contributed by atoms with Gasteiger partial charge in [0.15, 0.2) is 0 Å². The van der Waals surface area contributed by atoms with E-state index in [1.54, 1.807) is 22.5 Å². The van der Waals surface area contributed by atoms with Gasteiger partial charge in [-0.05, 0) is 59.8 Å². The van der Waals surface area contributed by atoms with Crippen molar-refractivity contribution in [3.63, 3.8) is 0 Å². The fourth-order valence-corrected chi connectivity index (χ4v) is 6.64. The number of fused-ring (bicyclic) bond motifs is 2. The summed E-state index contributed by atoms with van der Waals surface area (Å²) in [6.45, 7) is 0. The minimum absolute atomic E-state index is 0.0698. The normalized spacial score (nSPS) is 30.6. The number of halogens is 2. The summed E-state index contributed by atoms with van der Waals surface area (Å²) in [6.07, 6.45) is 2.40. The van der Waals surface area contributed by atoms with Gasteiger partial charge >= 0.3 is 0 Å². The summed E-state index contributed by atoms with van der Waals surface area (Å²) >= 11 is 6.65. The van der Waals surface area contributed by atoms with Crippen LogP contribution in [0, 0.1) is 0 Å². The van der Waals surface area contributed by atoms with Crippen molar-refractivity contribution >= 4 is 41.9 Å². The van der Waals surface area contributed by atoms with E-state index in [-0.39, 0.29) is 18.2 Å². The number of benzene rings is 1. The van der Waals surface area contributed by atoms with Gasteiger partial charge in [0.25, 0.3) is 0 Å². The van der Waals surface area contributed by atoms with Crippen molar-refractivity contribution < 1.29 is 13.5 Å². The Morgan fingerprint density at radius 2 is 1.75 bits per heavy atom. The zero-order valence-electron chi connectivity index (χ0n) is 10.7. The van der Waals surface area contributed by atoms with E-state index in [1.807, 2.05) is 0 Å². The maximum absolute atomic E-state index is 12.9. The number of nitrogens with zero attached hydrogens (tertiary/aromatic N) is 1. The smallest absolute Gasteiger partial charge is 0.244 e. The van der Waals surface area contributed by atoms with Crippen LogP contribution in [0.5, 0.6) is 0 Å². The third-order valence-corrected chi connectivity index (χ3v) is 7.58. The highest BCUT2D eigenvalue weighted by atomic mass is 79.9. The van der Waals surface area contributed by atoms with Gasteiger partial charge in [0, 0.05) is 21.0 Å². The van der Waals surface area contributed by atoms with E-state index < -0.39 is 10.0 Å². The number of hydrogen-bond acceptors (Lipinski definition) is 3. The number of aliphatic hydroxyl groups excluding tert-OH is 1. The van der Waals surface area contributed by atoms with Gasteiger partial charge < -0.3 is 5.11 Å². The summed E-state index contributed by atoms with van der Waals surface area (Å²) in [7, 11) is -3.53. The average Bonchev–Trinajstić information content (AvgIpc) is 2.66. The zero-order valence-corrected chi connectivity index (χ0v) is 14.7. The molecule has 4 nitrogen and oxygen atoms in total. The number of aliphatic hydroxyl groups is 1. The summed E-state index contributed by atoms with van der Waals surface area (Å²) in [6, 6.07) is 5.03. The molecule has 2 aliphatic heterocycles. The van der Waals surface area contributed by atoms with Crippen LogP contribution in [0.25, 0.3) is 0 Å². The Morgan fingerprint density at radius 1 is 1.15 bits per heavy atom. The Balaban J connectivity index is 2.03. The molecular formula is C13H15Br2NO3S. The van der Waals surface area contributed by atoms with E-state index in [1.165, 1.54) is 0 Å². The lowest BCUT2D eigenvalue weighted by atomic mass is 10.0. The van der Waals surface area contributed by atoms with Crippen molar-refractivity contribution in [2.24, 2.45) is 0 Å². The van der Waals surface area contributed by atoms with Crippen molar-refractivity contribution in [3.05, 3.63) is 27.1 Å². The summed E-state index contributed by atoms with van der Waals surface area (Å²) < 4.78 is 28.8. The van der Waals surface area contributed by atoms with Crippen molar-refractivity contribution in [2.45, 2.75) is 48.8 Å². The summed E-state index contributed by atoms with van der Waals surface area (Å²) in [5.41, 5.74) is 0. The fourth-order valence-electron chi connectivity index (χ4n) is 3.29. The number of hydrogen-bond donors (Lipinski definition) is 1. The van der Waals surface area contributed by atoms with Crippen LogP contribution in [0.2, 0.25) is 0 Å². The molecule has 2 saturated heterocycles. The SMILES string of the molecule is O=S(=O)(c1cc(Br)ccc1Br)N1C2CCC1CC(O)C2. The molecule has 2 fully saturated rings. The minimum atomic E-state index is -3.53. The van der Waals surface area contributed by atoms with Gasteiger partial charge in [-0.1, -0.05) is 15.9 Å². The van der Waals surface area contributed by atoms with Crippen LogP contribution in [0.15, 0.2) is 32.0 Å². The summed E-state index contributed by atoms with van der Waals surface area (Å²) in [5.74, 6) is 0. The first-order chi connectivity index (χ1) is 9.39. The molecule has 0 saturated carbocycles. The second kappa shape index (κ2) is 5.35. The first-order valence-corrected chi connectivity index (χ1v) is 9.59. The van der Waals surface area contributed by atoms with E-state index in [0.717, 1.165) is 17.3 Å². The molecule has 2 aliphatic rings. The fraction of sp³-hybridized carbons (Fsp3) is 0.538. The highest BCUT2D eigenvalue weighted by molar-refractivity contribution is 9.11. The van der Waals surface area contributed by atoms with Gasteiger partial charge in [0.1, 0.15) is 0 Å². The van der Waals surface area contributed by atoms with Gasteiger partial charge in [-0.25, -0.2) is 8.42 Å². The van der Waals surface area contributed by atoms with Gasteiger partial charge in [-0.2, -0.15) is 4.31 Å². The van der Waals surface area contributed by atoms with Crippen LogP contribution in [0.3, 0.4) is 0 Å². The van der Waals surface area contributed by atoms with E-state index in [4.69, 9.17) is 0 Å². The molecule has 0 radical (unpaired) electrons. The van der Waals surface area contributed by atoms with Crippen molar-refractivity contribution in [3.8, 4) is 0 Å². The monoisotopic (exact) mass is 423 g/mol. The van der Waals surface area contributed by atoms with Crippen LogP contribution < -0.4 is 0 Å². The highest BCUT2D eigenvalue weighted by Crippen LogP contribution is 2.41. The standard InChI is InChI=1S/C13H15Br2NO3S/c14-8-1-4-12(15)13(5-8)20(18,19)16-9-2-3-10(16)7-11(17)6-9/h1,4-5,9-11,17H,2-3,6-7H2. The Hall–Kier alpha value is 0.0500. The lowest BCUT2D eigenvalue weighted by molar-refractivity contribution is 0.0768. The topological polar surface area (TPSA) is 57.6 Å². The Kier molecular flexibility index (Phi) is 4.01. The summed E-state index contributed by atoms with van der Waals surface area (Å²) in [5, 5.41) is 9.80. The number of piperidine rings is 1. The molecule has 0 aliphatic carbocycles. The molecule has 0 aromatic heterocycles. The molecule has 2 heterocycles. The Bertz CT molecular complexity index is 621. The maximum Gasteiger partial charge on any atom is 0.244 e. The van der Waals surface area contributed by atoms with Gasteiger partial charge in [-0.15, -0.1) is 0 Å². The van der Waals surface area contributed by atoms with Gasteiger partial charge in [0.05, 0.1) is 11.0 Å². The van der Waals surface area contributed by atoms with Crippen molar-refractivity contribution in [2.75, 3.05) is 0 Å². The van der Waals surface area contributed by atoms with E-state index >= 15 is 0 Å². The minimum Gasteiger partial charge on any atom is -0.393 e. The lowest BCUT2D eigenvalue weighted by Crippen LogP contribution is -2.47. The largest absolute Gasteiger partial charge is 0.393 e.